The second-order valence-corrected chi connectivity index (χ2v) is 9.58. The van der Waals surface area contributed by atoms with Gasteiger partial charge in [-0.25, -0.2) is 8.42 Å². The third-order valence-corrected chi connectivity index (χ3v) is 7.18. The zero-order valence-corrected chi connectivity index (χ0v) is 19.1. The Morgan fingerprint density at radius 1 is 1.19 bits per heavy atom. The van der Waals surface area contributed by atoms with Gasteiger partial charge in [0.15, 0.2) is 15.8 Å². The van der Waals surface area contributed by atoms with Gasteiger partial charge in [0.1, 0.15) is 0 Å². The van der Waals surface area contributed by atoms with Gasteiger partial charge in [-0.3, -0.25) is 9.89 Å². The molecule has 1 aromatic carbocycles. The average molecular weight is 506 g/mol. The number of guanidine groups is 1. The van der Waals surface area contributed by atoms with E-state index in [1.807, 2.05) is 0 Å². The molecule has 0 amide bonds. The van der Waals surface area contributed by atoms with Crippen molar-refractivity contribution in [3.05, 3.63) is 35.9 Å². The maximum absolute atomic E-state index is 11.6. The van der Waals surface area contributed by atoms with E-state index in [9.17, 15) is 8.42 Å². The second kappa shape index (κ2) is 10.6. The van der Waals surface area contributed by atoms with Gasteiger partial charge in [-0.15, -0.1) is 24.0 Å². The summed E-state index contributed by atoms with van der Waals surface area (Å²) in [6, 6.07) is 11.1. The predicted molar refractivity (Wildman–Crippen MR) is 121 cm³/mol. The summed E-state index contributed by atoms with van der Waals surface area (Å²) in [5, 5.41) is 6.71. The van der Waals surface area contributed by atoms with Crippen molar-refractivity contribution < 1.29 is 8.42 Å². The molecule has 0 saturated carbocycles. The molecule has 2 N–H and O–H groups in total. The number of benzene rings is 1. The lowest BCUT2D eigenvalue weighted by molar-refractivity contribution is 0.245. The Labute approximate surface area is 180 Å². The molecule has 2 saturated heterocycles. The van der Waals surface area contributed by atoms with Crippen molar-refractivity contribution in [1.29, 1.82) is 0 Å². The lowest BCUT2D eigenvalue weighted by Crippen LogP contribution is -2.45. The first-order valence-corrected chi connectivity index (χ1v) is 11.3. The van der Waals surface area contributed by atoms with Crippen LogP contribution in [-0.4, -0.2) is 63.5 Å². The number of aliphatic imine (C=N–C) groups is 1. The van der Waals surface area contributed by atoms with Gasteiger partial charge < -0.3 is 10.6 Å². The van der Waals surface area contributed by atoms with Gasteiger partial charge in [-0.05, 0) is 37.3 Å². The number of rotatable bonds is 6. The van der Waals surface area contributed by atoms with Gasteiger partial charge in [-0.1, -0.05) is 30.3 Å². The standard InChI is InChI=1S/C19H30N4O2S.HI/c1-20-19(21-12-17-9-11-26(24,25)15-17)22-13-18-8-5-10-23(18)14-16-6-3-2-4-7-16;/h2-4,6-7,17-18H,5,8-15H2,1H3,(H2,20,21,22);1H. The van der Waals surface area contributed by atoms with Crippen molar-refractivity contribution in [3.63, 3.8) is 0 Å². The van der Waals surface area contributed by atoms with E-state index in [4.69, 9.17) is 0 Å². The number of halogens is 1. The first-order chi connectivity index (χ1) is 12.6. The molecule has 3 rings (SSSR count). The van der Waals surface area contributed by atoms with E-state index in [0.29, 0.717) is 24.1 Å². The fourth-order valence-corrected chi connectivity index (χ4v) is 5.72. The fourth-order valence-electron chi connectivity index (χ4n) is 3.86. The third-order valence-electron chi connectivity index (χ3n) is 5.34. The van der Waals surface area contributed by atoms with Crippen LogP contribution in [0.5, 0.6) is 0 Å². The molecule has 0 spiro atoms. The van der Waals surface area contributed by atoms with Crippen molar-refractivity contribution in [1.82, 2.24) is 15.5 Å². The summed E-state index contributed by atoms with van der Waals surface area (Å²) in [6.45, 7) is 3.64. The number of hydrogen-bond donors (Lipinski definition) is 2. The summed E-state index contributed by atoms with van der Waals surface area (Å²) in [5.41, 5.74) is 1.35. The van der Waals surface area contributed by atoms with Crippen LogP contribution in [0.2, 0.25) is 0 Å². The molecule has 27 heavy (non-hydrogen) atoms. The number of hydrogen-bond acceptors (Lipinski definition) is 4. The highest BCUT2D eigenvalue weighted by Gasteiger charge is 2.28. The van der Waals surface area contributed by atoms with Crippen molar-refractivity contribution in [2.45, 2.75) is 31.8 Å². The molecule has 2 atom stereocenters. The molecule has 0 aromatic heterocycles. The van der Waals surface area contributed by atoms with E-state index >= 15 is 0 Å². The molecule has 0 aliphatic carbocycles. The summed E-state index contributed by atoms with van der Waals surface area (Å²) < 4.78 is 23.1. The summed E-state index contributed by atoms with van der Waals surface area (Å²) in [7, 11) is -1.06. The minimum atomic E-state index is -2.82. The summed E-state index contributed by atoms with van der Waals surface area (Å²) >= 11 is 0. The van der Waals surface area contributed by atoms with Gasteiger partial charge in [0.05, 0.1) is 11.5 Å². The summed E-state index contributed by atoms with van der Waals surface area (Å²) in [6.07, 6.45) is 3.17. The number of sulfone groups is 1. The van der Waals surface area contributed by atoms with Gasteiger partial charge in [0, 0.05) is 32.7 Å². The van der Waals surface area contributed by atoms with Crippen molar-refractivity contribution in [2.75, 3.05) is 38.2 Å². The minimum Gasteiger partial charge on any atom is -0.356 e. The number of nitrogens with one attached hydrogen (secondary N) is 2. The molecule has 2 unspecified atom stereocenters. The van der Waals surface area contributed by atoms with Crippen LogP contribution in [0, 0.1) is 5.92 Å². The quantitative estimate of drug-likeness (QED) is 0.350. The molecule has 2 heterocycles. The van der Waals surface area contributed by atoms with E-state index in [1.54, 1.807) is 7.05 Å². The zero-order valence-electron chi connectivity index (χ0n) is 15.9. The monoisotopic (exact) mass is 506 g/mol. The Morgan fingerprint density at radius 2 is 1.93 bits per heavy atom. The Bertz CT molecular complexity index is 712. The Kier molecular flexibility index (Phi) is 8.81. The molecule has 2 aliphatic heterocycles. The average Bonchev–Trinajstić information content (AvgIpc) is 3.22. The predicted octanol–water partition coefficient (Wildman–Crippen LogP) is 1.87. The van der Waals surface area contributed by atoms with Crippen LogP contribution < -0.4 is 10.6 Å². The summed E-state index contributed by atoms with van der Waals surface area (Å²) in [4.78, 5) is 6.81. The van der Waals surface area contributed by atoms with E-state index in [0.717, 1.165) is 32.0 Å². The van der Waals surface area contributed by atoms with Crippen LogP contribution in [0.25, 0.3) is 0 Å². The van der Waals surface area contributed by atoms with Gasteiger partial charge in [0.2, 0.25) is 0 Å². The van der Waals surface area contributed by atoms with Crippen LogP contribution in [0.1, 0.15) is 24.8 Å². The zero-order chi connectivity index (χ0) is 18.4. The largest absolute Gasteiger partial charge is 0.356 e. The molecule has 1 aromatic rings. The molecular weight excluding hydrogens is 475 g/mol. The molecule has 8 heteroatoms. The minimum absolute atomic E-state index is 0. The first kappa shape index (κ1) is 22.4. The molecule has 2 aliphatic rings. The first-order valence-electron chi connectivity index (χ1n) is 9.48. The highest BCUT2D eigenvalue weighted by molar-refractivity contribution is 14.0. The molecule has 2 fully saturated rings. The van der Waals surface area contributed by atoms with Crippen LogP contribution in [0.3, 0.4) is 0 Å². The van der Waals surface area contributed by atoms with Crippen LogP contribution in [-0.2, 0) is 16.4 Å². The highest BCUT2D eigenvalue weighted by Crippen LogP contribution is 2.20. The Balaban J connectivity index is 0.00000261. The lowest BCUT2D eigenvalue weighted by Gasteiger charge is -2.25. The molecule has 0 bridgehead atoms. The van der Waals surface area contributed by atoms with Crippen LogP contribution in [0.15, 0.2) is 35.3 Å². The summed E-state index contributed by atoms with van der Waals surface area (Å²) in [5.74, 6) is 1.58. The lowest BCUT2D eigenvalue weighted by atomic mass is 10.1. The maximum atomic E-state index is 11.6. The van der Waals surface area contributed by atoms with E-state index in [1.165, 1.54) is 18.4 Å². The highest BCUT2D eigenvalue weighted by atomic mass is 127. The maximum Gasteiger partial charge on any atom is 0.191 e. The topological polar surface area (TPSA) is 73.8 Å². The van der Waals surface area contributed by atoms with Gasteiger partial charge in [0.25, 0.3) is 0 Å². The van der Waals surface area contributed by atoms with Crippen molar-refractivity contribution in [2.24, 2.45) is 10.9 Å². The van der Waals surface area contributed by atoms with E-state index < -0.39 is 9.84 Å². The molecule has 0 radical (unpaired) electrons. The van der Waals surface area contributed by atoms with Crippen molar-refractivity contribution >= 4 is 39.8 Å². The number of nitrogens with zero attached hydrogens (tertiary/aromatic N) is 2. The Hall–Kier alpha value is -0.870. The van der Waals surface area contributed by atoms with Crippen LogP contribution in [0.4, 0.5) is 0 Å². The normalized spacial score (nSPS) is 25.1. The Morgan fingerprint density at radius 3 is 2.59 bits per heavy atom. The fraction of sp³-hybridized carbons (Fsp3) is 0.632. The molecule has 152 valence electrons. The second-order valence-electron chi connectivity index (χ2n) is 7.36. The third kappa shape index (κ3) is 6.90. The number of likely N-dealkylation sites (tertiary alicyclic amines) is 1. The van der Waals surface area contributed by atoms with E-state index in [-0.39, 0.29) is 29.9 Å². The van der Waals surface area contributed by atoms with Gasteiger partial charge in [-0.2, -0.15) is 0 Å². The van der Waals surface area contributed by atoms with Crippen molar-refractivity contribution in [3.8, 4) is 0 Å². The SMILES string of the molecule is CN=C(NCC1CCS(=O)(=O)C1)NCC1CCCN1Cc1ccccc1.I. The van der Waals surface area contributed by atoms with Gasteiger partial charge >= 0.3 is 0 Å². The molecule has 6 nitrogen and oxygen atoms in total. The van der Waals surface area contributed by atoms with E-state index in [2.05, 4.69) is 50.9 Å². The van der Waals surface area contributed by atoms with Crippen LogP contribution >= 0.6 is 24.0 Å². The smallest absolute Gasteiger partial charge is 0.191 e. The molecular formula is C19H31IN4O2S.